The van der Waals surface area contributed by atoms with Crippen molar-refractivity contribution in [2.45, 2.75) is 90.4 Å². The number of thiophene rings is 1. The van der Waals surface area contributed by atoms with Crippen molar-refractivity contribution in [1.29, 1.82) is 0 Å². The monoisotopic (exact) mass is 834 g/mol. The zero-order valence-corrected chi connectivity index (χ0v) is 36.1. The van der Waals surface area contributed by atoms with Crippen molar-refractivity contribution >= 4 is 45.4 Å². The Balaban J connectivity index is 1.02. The lowest BCUT2D eigenvalue weighted by Gasteiger charge is -2.40. The third-order valence-electron chi connectivity index (χ3n) is 12.7. The summed E-state index contributed by atoms with van der Waals surface area (Å²) in [6, 6.07) is 13.4. The molecule has 14 nitrogen and oxygen atoms in total. The molecule has 2 saturated heterocycles. The van der Waals surface area contributed by atoms with Crippen molar-refractivity contribution in [2.24, 2.45) is 17.8 Å². The molecule has 316 valence electrons. The Bertz CT molecular complexity index is 2420. The fraction of sp³-hybridized carbons (Fsp3) is 0.467. The molecule has 1 saturated carbocycles. The fourth-order valence-electron chi connectivity index (χ4n) is 9.55. The van der Waals surface area contributed by atoms with Crippen LogP contribution >= 0.6 is 11.3 Å². The van der Waals surface area contributed by atoms with E-state index in [9.17, 15) is 19.2 Å². The molecule has 4 N–H and O–H groups in total. The number of hydrogen-bond acceptors (Lipinski definition) is 9. The largest absolute Gasteiger partial charge is 0.453 e. The average molecular weight is 835 g/mol. The molecule has 2 unspecified atom stereocenters. The van der Waals surface area contributed by atoms with E-state index < -0.39 is 29.8 Å². The van der Waals surface area contributed by atoms with Crippen LogP contribution in [-0.2, 0) is 24.6 Å². The number of carbonyl (C=O) groups excluding carboxylic acids is 4. The molecule has 15 heteroatoms. The van der Waals surface area contributed by atoms with Gasteiger partial charge >= 0.3 is 12.2 Å². The van der Waals surface area contributed by atoms with Crippen molar-refractivity contribution in [3.05, 3.63) is 71.4 Å². The Hall–Kier alpha value is -5.70. The maximum atomic E-state index is 14.0. The minimum atomic E-state index is -0.698. The van der Waals surface area contributed by atoms with Gasteiger partial charge in [-0.1, -0.05) is 64.1 Å². The molecule has 60 heavy (non-hydrogen) atoms. The first-order valence-electron chi connectivity index (χ1n) is 20.9. The zero-order valence-electron chi connectivity index (χ0n) is 35.3. The topological polar surface area (TPSA) is 175 Å². The number of rotatable bonds is 11. The van der Waals surface area contributed by atoms with Crippen LogP contribution in [0.25, 0.3) is 43.7 Å². The van der Waals surface area contributed by atoms with Gasteiger partial charge in [0, 0.05) is 33.6 Å². The number of aromatic nitrogens is 4. The molecule has 2 aliphatic heterocycles. The first-order valence-corrected chi connectivity index (χ1v) is 21.7. The van der Waals surface area contributed by atoms with Gasteiger partial charge in [0.1, 0.15) is 29.3 Å². The molecule has 3 fully saturated rings. The first-order chi connectivity index (χ1) is 28.8. The molecule has 2 bridgehead atoms. The number of likely N-dealkylation sites (tertiary alicyclic amines) is 2. The van der Waals surface area contributed by atoms with Crippen molar-refractivity contribution in [2.75, 3.05) is 27.3 Å². The highest BCUT2D eigenvalue weighted by molar-refractivity contribution is 7.19. The molecule has 3 aromatic heterocycles. The van der Waals surface area contributed by atoms with Gasteiger partial charge in [-0.25, -0.2) is 19.6 Å². The van der Waals surface area contributed by atoms with Gasteiger partial charge in [-0.15, -0.1) is 11.3 Å². The number of aromatic amines is 2. The third kappa shape index (κ3) is 7.41. The quantitative estimate of drug-likeness (QED) is 0.104. The summed E-state index contributed by atoms with van der Waals surface area (Å²) in [4.78, 5) is 73.7. The molecular weight excluding hydrogens is 781 g/mol. The minimum absolute atomic E-state index is 0.104. The lowest BCUT2D eigenvalue weighted by molar-refractivity contribution is -0.140. The van der Waals surface area contributed by atoms with Crippen LogP contribution < -0.4 is 10.6 Å². The van der Waals surface area contributed by atoms with Crippen molar-refractivity contribution in [3.63, 3.8) is 0 Å². The summed E-state index contributed by atoms with van der Waals surface area (Å²) in [7, 11) is 2.60. The van der Waals surface area contributed by atoms with Gasteiger partial charge in [0.05, 0.1) is 44.0 Å². The maximum absolute atomic E-state index is 14.0. The number of H-pyrrole nitrogens is 2. The number of nitrogens with one attached hydrogen (secondary N) is 4. The van der Waals surface area contributed by atoms with Gasteiger partial charge in [0.25, 0.3) is 0 Å². The number of piperidine rings is 1. The first kappa shape index (κ1) is 41.1. The van der Waals surface area contributed by atoms with E-state index >= 15 is 0 Å². The van der Waals surface area contributed by atoms with Crippen LogP contribution in [0, 0.1) is 24.7 Å². The predicted octanol–water partition coefficient (Wildman–Crippen LogP) is 7.92. The van der Waals surface area contributed by atoms with Gasteiger partial charge in [0.15, 0.2) is 0 Å². The zero-order chi connectivity index (χ0) is 42.5. The molecule has 8 rings (SSSR count). The highest BCUT2D eigenvalue weighted by Crippen LogP contribution is 2.52. The number of alkyl carbamates (subject to hydrolysis) is 2. The molecule has 3 aliphatic rings. The maximum Gasteiger partial charge on any atom is 0.407 e. The van der Waals surface area contributed by atoms with E-state index in [2.05, 4.69) is 70.0 Å². The third-order valence-corrected chi connectivity index (χ3v) is 13.8. The van der Waals surface area contributed by atoms with Crippen LogP contribution in [0.2, 0.25) is 0 Å². The lowest BCUT2D eigenvalue weighted by atomic mass is 9.93. The molecule has 5 heterocycles. The number of fused-ring (bicyclic) bond motifs is 3. The van der Waals surface area contributed by atoms with Crippen LogP contribution in [0.1, 0.15) is 82.4 Å². The number of aryl methyl sites for hydroxylation is 1. The van der Waals surface area contributed by atoms with Crippen molar-refractivity contribution < 1.29 is 28.7 Å². The summed E-state index contributed by atoms with van der Waals surface area (Å²) in [6.07, 6.45) is 6.78. The van der Waals surface area contributed by atoms with Gasteiger partial charge in [-0.2, -0.15) is 0 Å². The number of methoxy groups -OCH3 is 2. The molecule has 2 aromatic carbocycles. The molecule has 4 amide bonds. The van der Waals surface area contributed by atoms with Gasteiger partial charge < -0.3 is 39.9 Å². The number of carbonyl (C=O) groups is 4. The molecular formula is C45H54N8O6S. The van der Waals surface area contributed by atoms with Gasteiger partial charge in [-0.3, -0.25) is 9.59 Å². The molecule has 1 aliphatic carbocycles. The fourth-order valence-corrected chi connectivity index (χ4v) is 10.6. The summed E-state index contributed by atoms with van der Waals surface area (Å²) >= 11 is 1.74. The smallest absolute Gasteiger partial charge is 0.407 e. The summed E-state index contributed by atoms with van der Waals surface area (Å²) in [5.41, 5.74) is 5.47. The van der Waals surface area contributed by atoms with Crippen LogP contribution in [0.4, 0.5) is 9.59 Å². The molecule has 0 spiro atoms. The number of nitrogens with zero attached hydrogens (tertiary/aromatic N) is 4. The van der Waals surface area contributed by atoms with Crippen LogP contribution in [-0.4, -0.2) is 93.1 Å². The van der Waals surface area contributed by atoms with Crippen molar-refractivity contribution in [3.8, 4) is 33.6 Å². The van der Waals surface area contributed by atoms with E-state index in [0.29, 0.717) is 19.0 Å². The van der Waals surface area contributed by atoms with Crippen LogP contribution in [0.3, 0.4) is 0 Å². The summed E-state index contributed by atoms with van der Waals surface area (Å²) in [6.45, 7) is 11.0. The number of amides is 4. The van der Waals surface area contributed by atoms with Gasteiger partial charge in [-0.05, 0) is 79.5 Å². The number of hydrogen-bond donors (Lipinski definition) is 4. The second kappa shape index (κ2) is 16.4. The number of imidazole rings is 2. The van der Waals surface area contributed by atoms with Crippen LogP contribution in [0.15, 0.2) is 54.9 Å². The van der Waals surface area contributed by atoms with Crippen LogP contribution in [0.5, 0.6) is 0 Å². The summed E-state index contributed by atoms with van der Waals surface area (Å²) < 4.78 is 10.8. The Labute approximate surface area is 353 Å². The second-order valence-electron chi connectivity index (χ2n) is 17.2. The van der Waals surface area contributed by atoms with E-state index in [1.165, 1.54) is 19.1 Å². The predicted molar refractivity (Wildman–Crippen MR) is 230 cm³/mol. The van der Waals surface area contributed by atoms with Gasteiger partial charge in [0.2, 0.25) is 11.8 Å². The average Bonchev–Trinajstić information content (AvgIpc) is 4.10. The molecule has 0 radical (unpaired) electrons. The lowest BCUT2D eigenvalue weighted by Crippen LogP contribution is -2.56. The highest BCUT2D eigenvalue weighted by Gasteiger charge is 2.56. The van der Waals surface area contributed by atoms with E-state index in [-0.39, 0.29) is 29.7 Å². The normalized spacial score (nSPS) is 20.9. The van der Waals surface area contributed by atoms with E-state index in [1.807, 2.05) is 49.9 Å². The molecule has 5 atom stereocenters. The number of benzene rings is 2. The van der Waals surface area contributed by atoms with E-state index in [0.717, 1.165) is 87.5 Å². The van der Waals surface area contributed by atoms with Crippen molar-refractivity contribution in [1.82, 2.24) is 40.4 Å². The Morgan fingerprint density at radius 2 is 1.48 bits per heavy atom. The Morgan fingerprint density at radius 3 is 2.15 bits per heavy atom. The van der Waals surface area contributed by atoms with E-state index in [4.69, 9.17) is 19.4 Å². The molecule has 5 aromatic rings. The number of ether oxygens (including phenoxy) is 2. The second-order valence-corrected chi connectivity index (χ2v) is 18.4. The standard InChI is InChI=1S/C45H54N8O6S/c1-24(2)36(50-43(56)58-6)40(54)52-18-8-9-35(52)39-46-22-34(48-39)31-15-14-30(32-19-26(5)60-38(31)32)28-10-12-29(13-11-28)33-21-47-42(49-33)45-17-16-27(20-45)23-53(45)41(55)37(25(3)4)51-44(57)59-7/h10-15,19,21-22,24-25,27,35-37H,8-9,16-18,20,23H2,1-7H3,(H,46,48)(H,47,49)(H,50,56)(H,51,57)/t27?,35-,36+,37+,45?/m0/s1. The highest BCUT2D eigenvalue weighted by atomic mass is 32.1. The Morgan fingerprint density at radius 1 is 0.833 bits per heavy atom. The summed E-state index contributed by atoms with van der Waals surface area (Å²) in [5, 5.41) is 6.63. The SMILES string of the molecule is COC(=O)N[C@@H](C(=O)N1CCC[C@H]1c1ncc(-c2ccc(-c3ccc(-c4cnc(C56CCC(CN5C(=O)[C@H](NC(=O)OC)C(C)C)C6)[nH]4)cc3)c3cc(C)sc23)[nH]1)C(C)C. The Kier molecular flexibility index (Phi) is 11.2. The van der Waals surface area contributed by atoms with E-state index in [1.54, 1.807) is 11.3 Å². The minimum Gasteiger partial charge on any atom is -0.453 e. The summed E-state index contributed by atoms with van der Waals surface area (Å²) in [5.74, 6) is 1.44.